The van der Waals surface area contributed by atoms with Crippen molar-refractivity contribution >= 4 is 27.3 Å². The minimum Gasteiger partial charge on any atom is -0.350 e. The SMILES string of the molecule is C[C@@](CCn1ccc(-c2ccc(Cl)c(F)c2F)cc1=O)(C(=O)NOC1CCCCO1)S(C)(=O)=O. The van der Waals surface area contributed by atoms with Crippen LogP contribution in [0, 0.1) is 11.6 Å². The molecule has 1 saturated heterocycles. The normalized spacial score (nSPS) is 18.3. The molecule has 1 aliphatic rings. The number of hydrogen-bond donors (Lipinski definition) is 1. The minimum absolute atomic E-state index is 0.124. The zero-order valence-corrected chi connectivity index (χ0v) is 20.2. The van der Waals surface area contributed by atoms with E-state index in [0.29, 0.717) is 13.0 Å². The maximum Gasteiger partial charge on any atom is 0.264 e. The molecule has 1 fully saturated rings. The second-order valence-corrected chi connectivity index (χ2v) is 11.1. The van der Waals surface area contributed by atoms with E-state index >= 15 is 0 Å². The average Bonchev–Trinajstić information content (AvgIpc) is 2.80. The first kappa shape index (κ1) is 26.3. The minimum atomic E-state index is -3.92. The van der Waals surface area contributed by atoms with Gasteiger partial charge in [0, 0.05) is 43.7 Å². The lowest BCUT2D eigenvalue weighted by atomic mass is 10.1. The molecular formula is C22H25ClF2N2O6S. The molecule has 2 heterocycles. The molecule has 12 heteroatoms. The highest BCUT2D eigenvalue weighted by atomic mass is 35.5. The van der Waals surface area contributed by atoms with E-state index in [0.717, 1.165) is 25.2 Å². The molecule has 0 saturated carbocycles. The van der Waals surface area contributed by atoms with Crippen molar-refractivity contribution in [1.29, 1.82) is 0 Å². The van der Waals surface area contributed by atoms with Crippen LogP contribution < -0.4 is 11.0 Å². The molecule has 8 nitrogen and oxygen atoms in total. The summed E-state index contributed by atoms with van der Waals surface area (Å²) in [5.74, 6) is -3.29. The number of sulfone groups is 1. The molecule has 1 amide bonds. The van der Waals surface area contributed by atoms with E-state index in [1.54, 1.807) is 0 Å². The number of carbonyl (C=O) groups excluding carboxylic acids is 1. The smallest absolute Gasteiger partial charge is 0.264 e. The number of nitrogens with zero attached hydrogens (tertiary/aromatic N) is 1. The number of hydrogen-bond acceptors (Lipinski definition) is 6. The van der Waals surface area contributed by atoms with E-state index < -0.39 is 44.0 Å². The average molecular weight is 519 g/mol. The molecule has 0 radical (unpaired) electrons. The summed E-state index contributed by atoms with van der Waals surface area (Å²) >= 11 is 5.56. The number of rotatable bonds is 8. The van der Waals surface area contributed by atoms with Crippen molar-refractivity contribution in [2.75, 3.05) is 12.9 Å². The molecule has 1 aromatic carbocycles. The number of ether oxygens (including phenoxy) is 1. The summed E-state index contributed by atoms with van der Waals surface area (Å²) in [6.45, 7) is 1.59. The van der Waals surface area contributed by atoms with Crippen LogP contribution in [0.4, 0.5) is 8.78 Å². The van der Waals surface area contributed by atoms with E-state index in [1.165, 1.54) is 35.9 Å². The molecule has 1 N–H and O–H groups in total. The number of halogens is 3. The van der Waals surface area contributed by atoms with Crippen LogP contribution in [0.3, 0.4) is 0 Å². The number of aryl methyl sites for hydroxylation is 1. The van der Waals surface area contributed by atoms with Gasteiger partial charge in [-0.2, -0.15) is 0 Å². The fraction of sp³-hybridized carbons (Fsp3) is 0.455. The Morgan fingerprint density at radius 1 is 1.29 bits per heavy atom. The number of pyridine rings is 1. The molecule has 0 spiro atoms. The highest BCUT2D eigenvalue weighted by Crippen LogP contribution is 2.28. The van der Waals surface area contributed by atoms with Gasteiger partial charge >= 0.3 is 0 Å². The lowest BCUT2D eigenvalue weighted by molar-refractivity contribution is -0.201. The van der Waals surface area contributed by atoms with Crippen molar-refractivity contribution in [3.8, 4) is 11.1 Å². The Balaban J connectivity index is 1.76. The lowest BCUT2D eigenvalue weighted by Gasteiger charge is -2.28. The third-order valence-electron chi connectivity index (χ3n) is 5.89. The summed E-state index contributed by atoms with van der Waals surface area (Å²) < 4.78 is 57.5. The Kier molecular flexibility index (Phi) is 8.12. The highest BCUT2D eigenvalue weighted by Gasteiger charge is 2.44. The molecule has 1 unspecified atom stereocenters. The van der Waals surface area contributed by atoms with Crippen molar-refractivity contribution in [2.45, 2.75) is 50.2 Å². The third-order valence-corrected chi connectivity index (χ3v) is 8.21. The first-order valence-electron chi connectivity index (χ1n) is 10.6. The van der Waals surface area contributed by atoms with Crippen molar-refractivity contribution < 1.29 is 31.6 Å². The van der Waals surface area contributed by atoms with Crippen molar-refractivity contribution in [3.05, 3.63) is 57.5 Å². The van der Waals surface area contributed by atoms with Crippen LogP contribution in [0.5, 0.6) is 0 Å². The van der Waals surface area contributed by atoms with Crippen LogP contribution in [0.2, 0.25) is 5.02 Å². The summed E-state index contributed by atoms with van der Waals surface area (Å²) in [6, 6.07) is 4.90. The van der Waals surface area contributed by atoms with Gasteiger partial charge in [-0.05, 0) is 49.9 Å². The van der Waals surface area contributed by atoms with E-state index in [4.69, 9.17) is 21.2 Å². The summed E-state index contributed by atoms with van der Waals surface area (Å²) in [7, 11) is -3.92. The largest absolute Gasteiger partial charge is 0.350 e. The van der Waals surface area contributed by atoms with Crippen LogP contribution >= 0.6 is 11.6 Å². The van der Waals surface area contributed by atoms with Gasteiger partial charge in [0.15, 0.2) is 32.5 Å². The molecule has 1 aromatic heterocycles. The maximum atomic E-state index is 14.2. The summed E-state index contributed by atoms with van der Waals surface area (Å²) in [6.07, 6.45) is 3.64. The molecule has 1 aliphatic heterocycles. The molecular weight excluding hydrogens is 494 g/mol. The predicted octanol–water partition coefficient (Wildman–Crippen LogP) is 3.21. The monoisotopic (exact) mass is 518 g/mol. The lowest BCUT2D eigenvalue weighted by Crippen LogP contribution is -2.51. The zero-order chi connectivity index (χ0) is 25.1. The number of nitrogens with one attached hydrogen (secondary N) is 1. The number of benzene rings is 1. The van der Waals surface area contributed by atoms with Crippen molar-refractivity contribution in [3.63, 3.8) is 0 Å². The zero-order valence-electron chi connectivity index (χ0n) is 18.6. The Hall–Kier alpha value is -2.34. The number of hydroxylamine groups is 1. The summed E-state index contributed by atoms with van der Waals surface area (Å²) in [5.41, 5.74) is 1.57. The van der Waals surface area contributed by atoms with Crippen LogP contribution in [0.25, 0.3) is 11.1 Å². The van der Waals surface area contributed by atoms with E-state index in [-0.39, 0.29) is 29.1 Å². The second kappa shape index (κ2) is 10.5. The van der Waals surface area contributed by atoms with Crippen molar-refractivity contribution in [2.24, 2.45) is 0 Å². The van der Waals surface area contributed by atoms with Gasteiger partial charge in [-0.15, -0.1) is 0 Å². The second-order valence-electron chi connectivity index (χ2n) is 8.27. The first-order chi connectivity index (χ1) is 15.9. The van der Waals surface area contributed by atoms with Gasteiger partial charge in [-0.1, -0.05) is 11.6 Å². The van der Waals surface area contributed by atoms with Crippen LogP contribution in [0.1, 0.15) is 32.6 Å². The van der Waals surface area contributed by atoms with Crippen LogP contribution in [-0.4, -0.2) is 42.8 Å². The molecule has 0 aliphatic carbocycles. The molecule has 3 rings (SSSR count). The third kappa shape index (κ3) is 5.65. The summed E-state index contributed by atoms with van der Waals surface area (Å²) in [5, 5.41) is -0.382. The summed E-state index contributed by atoms with van der Waals surface area (Å²) in [4.78, 5) is 30.6. The van der Waals surface area contributed by atoms with E-state index in [2.05, 4.69) is 5.48 Å². The Morgan fingerprint density at radius 2 is 2.03 bits per heavy atom. The number of carbonyl (C=O) groups is 1. The van der Waals surface area contributed by atoms with Gasteiger partial charge in [-0.3, -0.25) is 9.59 Å². The van der Waals surface area contributed by atoms with Gasteiger partial charge in [0.05, 0.1) is 5.02 Å². The Morgan fingerprint density at radius 3 is 2.65 bits per heavy atom. The van der Waals surface area contributed by atoms with Crippen molar-refractivity contribution in [1.82, 2.24) is 10.0 Å². The van der Waals surface area contributed by atoms with Gasteiger partial charge in [0.25, 0.3) is 11.5 Å². The van der Waals surface area contributed by atoms with Gasteiger partial charge in [0.2, 0.25) is 0 Å². The standard InChI is InChI=1S/C22H25ClF2N2O6S/c1-22(34(2,30)31,21(29)26-33-18-5-3-4-12-32-18)9-11-27-10-8-14(13-17(27)28)15-6-7-16(23)20(25)19(15)24/h6-8,10,13,18H,3-5,9,11-12H2,1-2H3,(H,26,29)/t18?,22-/m1/s1. The van der Waals surface area contributed by atoms with Gasteiger partial charge in [0.1, 0.15) is 0 Å². The Bertz CT molecular complexity index is 1230. The van der Waals surface area contributed by atoms with E-state index in [1.807, 2.05) is 0 Å². The fourth-order valence-corrected chi connectivity index (χ4v) is 4.43. The molecule has 2 aromatic rings. The molecule has 2 atom stereocenters. The highest BCUT2D eigenvalue weighted by molar-refractivity contribution is 7.92. The molecule has 34 heavy (non-hydrogen) atoms. The number of aromatic nitrogens is 1. The Labute approximate surface area is 200 Å². The fourth-order valence-electron chi connectivity index (χ4n) is 3.44. The van der Waals surface area contributed by atoms with E-state index in [9.17, 15) is 26.8 Å². The van der Waals surface area contributed by atoms with Gasteiger partial charge < -0.3 is 9.30 Å². The quantitative estimate of drug-likeness (QED) is 0.425. The molecule has 186 valence electrons. The first-order valence-corrected chi connectivity index (χ1v) is 12.8. The predicted molar refractivity (Wildman–Crippen MR) is 122 cm³/mol. The van der Waals surface area contributed by atoms with Gasteiger partial charge in [-0.25, -0.2) is 27.5 Å². The van der Waals surface area contributed by atoms with Crippen LogP contribution in [0.15, 0.2) is 35.3 Å². The number of amides is 1. The topological polar surface area (TPSA) is 104 Å². The molecule has 0 bridgehead atoms. The van der Waals surface area contributed by atoms with Crippen LogP contribution in [-0.2, 0) is 30.8 Å². The maximum absolute atomic E-state index is 14.2.